The Kier molecular flexibility index (Phi) is 3.65. The van der Waals surface area contributed by atoms with Crippen LogP contribution in [0.5, 0.6) is 0 Å². The zero-order valence-electron chi connectivity index (χ0n) is 10.7. The highest BCUT2D eigenvalue weighted by Crippen LogP contribution is 2.34. The third-order valence-corrected chi connectivity index (χ3v) is 4.17. The van der Waals surface area contributed by atoms with Gasteiger partial charge in [-0.2, -0.15) is 5.10 Å². The van der Waals surface area contributed by atoms with Gasteiger partial charge in [-0.05, 0) is 18.4 Å². The van der Waals surface area contributed by atoms with Crippen LogP contribution < -0.4 is 0 Å². The Labute approximate surface area is 119 Å². The van der Waals surface area contributed by atoms with E-state index in [0.717, 1.165) is 10.5 Å². The van der Waals surface area contributed by atoms with Gasteiger partial charge in [-0.1, -0.05) is 0 Å². The van der Waals surface area contributed by atoms with Gasteiger partial charge in [0.1, 0.15) is 35.8 Å². The number of ether oxygens (including phenoxy) is 1. The lowest BCUT2D eigenvalue weighted by atomic mass is 10.1. The Hall–Kier alpha value is -1.19. The molecule has 108 valence electrons. The molecule has 3 rings (SSSR count). The Morgan fingerprint density at radius 1 is 1.35 bits per heavy atom. The first-order chi connectivity index (χ1) is 9.67. The largest absolute Gasteiger partial charge is 0.394 e. The summed E-state index contributed by atoms with van der Waals surface area (Å²) in [6, 6.07) is 3.62. The van der Waals surface area contributed by atoms with E-state index in [9.17, 15) is 10.2 Å². The fourth-order valence-electron chi connectivity index (χ4n) is 2.45. The molecule has 8 heteroatoms. The number of nitrogens with zero attached hydrogens (tertiary/aromatic N) is 3. The molecule has 0 bridgehead atoms. The van der Waals surface area contributed by atoms with Crippen LogP contribution in [0.2, 0.25) is 0 Å². The molecule has 3 N–H and O–H groups in total. The van der Waals surface area contributed by atoms with E-state index in [4.69, 9.17) is 9.84 Å². The van der Waals surface area contributed by atoms with Crippen molar-refractivity contribution in [2.45, 2.75) is 29.4 Å². The predicted octanol–water partition coefficient (Wildman–Crippen LogP) is -0.395. The molecule has 1 saturated heterocycles. The number of hydrogen-bond donors (Lipinski definition) is 3. The van der Waals surface area contributed by atoms with Crippen molar-refractivity contribution in [1.29, 1.82) is 0 Å². The fourth-order valence-corrected chi connectivity index (χ4v) is 2.96. The molecule has 1 unspecified atom stereocenters. The molecule has 3 heterocycles. The Morgan fingerprint density at radius 3 is 2.80 bits per heavy atom. The van der Waals surface area contributed by atoms with Crippen molar-refractivity contribution >= 4 is 17.3 Å². The summed E-state index contributed by atoms with van der Waals surface area (Å²) in [4.78, 5) is 4.17. The Bertz CT molecular complexity index is 620. The van der Waals surface area contributed by atoms with E-state index in [-0.39, 0.29) is 6.61 Å². The maximum Gasteiger partial charge on any atom is 0.137 e. The summed E-state index contributed by atoms with van der Waals surface area (Å²) in [6.45, 7) is -0.344. The van der Waals surface area contributed by atoms with Crippen LogP contribution in [0.25, 0.3) is 5.52 Å². The highest BCUT2D eigenvalue weighted by Gasteiger charge is 2.44. The van der Waals surface area contributed by atoms with E-state index < -0.39 is 24.4 Å². The summed E-state index contributed by atoms with van der Waals surface area (Å²) in [5.74, 6) is 0. The first kappa shape index (κ1) is 13.8. The summed E-state index contributed by atoms with van der Waals surface area (Å²) in [6.07, 6.45) is -0.377. The highest BCUT2D eigenvalue weighted by atomic mass is 32.2. The number of thioether (sulfide) groups is 1. The van der Waals surface area contributed by atoms with Crippen LogP contribution >= 0.6 is 11.8 Å². The minimum atomic E-state index is -1.11. The second-order valence-corrected chi connectivity index (χ2v) is 5.38. The molecule has 0 aliphatic carbocycles. The second kappa shape index (κ2) is 5.30. The van der Waals surface area contributed by atoms with E-state index in [1.807, 2.05) is 12.3 Å². The fraction of sp³-hybridized carbons (Fsp3) is 0.500. The monoisotopic (exact) mass is 297 g/mol. The van der Waals surface area contributed by atoms with Crippen LogP contribution in [0, 0.1) is 0 Å². The first-order valence-electron chi connectivity index (χ1n) is 6.16. The van der Waals surface area contributed by atoms with Crippen molar-refractivity contribution in [3.05, 3.63) is 24.2 Å². The van der Waals surface area contributed by atoms with Gasteiger partial charge in [0.15, 0.2) is 0 Å². The lowest BCUT2D eigenvalue weighted by Gasteiger charge is -2.14. The smallest absolute Gasteiger partial charge is 0.137 e. The zero-order valence-corrected chi connectivity index (χ0v) is 11.6. The minimum Gasteiger partial charge on any atom is -0.394 e. The molecule has 0 aromatic carbocycles. The molecule has 20 heavy (non-hydrogen) atoms. The number of aliphatic hydroxyl groups is 3. The number of rotatable bonds is 3. The van der Waals surface area contributed by atoms with E-state index in [0.29, 0.717) is 5.69 Å². The van der Waals surface area contributed by atoms with Crippen molar-refractivity contribution in [3.8, 4) is 0 Å². The summed E-state index contributed by atoms with van der Waals surface area (Å²) in [5.41, 5.74) is 1.44. The molecule has 4 atom stereocenters. The number of hydrogen-bond acceptors (Lipinski definition) is 7. The molecule has 2 aromatic heterocycles. The van der Waals surface area contributed by atoms with Gasteiger partial charge in [-0.15, -0.1) is 11.8 Å². The van der Waals surface area contributed by atoms with Gasteiger partial charge >= 0.3 is 0 Å². The van der Waals surface area contributed by atoms with Crippen LogP contribution in [0.4, 0.5) is 0 Å². The second-order valence-electron chi connectivity index (χ2n) is 4.58. The SMILES string of the molecule is CSc1ncnn2c(C3O[C@H](CO)[C@@H](O)[C@H]3O)ccc12. The predicted molar refractivity (Wildman–Crippen MR) is 71.5 cm³/mol. The third-order valence-electron chi connectivity index (χ3n) is 3.47. The number of aliphatic hydroxyl groups excluding tert-OH is 3. The molecule has 0 amide bonds. The third kappa shape index (κ3) is 2.00. The average molecular weight is 297 g/mol. The molecule has 1 aliphatic heterocycles. The quantitative estimate of drug-likeness (QED) is 0.663. The average Bonchev–Trinajstić information content (AvgIpc) is 3.01. The molecule has 0 saturated carbocycles. The summed E-state index contributed by atoms with van der Waals surface area (Å²) >= 11 is 1.50. The van der Waals surface area contributed by atoms with Gasteiger partial charge in [-0.3, -0.25) is 0 Å². The maximum absolute atomic E-state index is 10.1. The summed E-state index contributed by atoms with van der Waals surface area (Å²) in [5, 5.41) is 34.0. The van der Waals surface area contributed by atoms with Crippen LogP contribution in [0.15, 0.2) is 23.5 Å². The highest BCUT2D eigenvalue weighted by molar-refractivity contribution is 7.98. The summed E-state index contributed by atoms with van der Waals surface area (Å²) < 4.78 is 7.16. The topological polar surface area (TPSA) is 100 Å². The van der Waals surface area contributed by atoms with E-state index in [1.54, 1.807) is 10.6 Å². The van der Waals surface area contributed by atoms with Gasteiger partial charge in [-0.25, -0.2) is 9.50 Å². The summed E-state index contributed by atoms with van der Waals surface area (Å²) in [7, 11) is 0. The molecule has 1 fully saturated rings. The van der Waals surface area contributed by atoms with E-state index >= 15 is 0 Å². The number of aromatic nitrogens is 3. The van der Waals surface area contributed by atoms with Crippen LogP contribution in [-0.2, 0) is 4.74 Å². The van der Waals surface area contributed by atoms with Crippen LogP contribution in [0.3, 0.4) is 0 Å². The van der Waals surface area contributed by atoms with Crippen LogP contribution in [0.1, 0.15) is 11.8 Å². The lowest BCUT2D eigenvalue weighted by Crippen LogP contribution is -2.32. The van der Waals surface area contributed by atoms with Gasteiger partial charge in [0.2, 0.25) is 0 Å². The standard InChI is InChI=1S/C12H15N3O4S/c1-20-12-7-3-2-6(15(7)14-5-13-12)11-10(18)9(17)8(4-16)19-11/h2-3,5,8-11,16-18H,4H2,1H3/t8-,9-,10-,11?/m1/s1. The molecule has 0 radical (unpaired) electrons. The van der Waals surface area contributed by atoms with Crippen molar-refractivity contribution in [2.75, 3.05) is 12.9 Å². The Morgan fingerprint density at radius 2 is 2.15 bits per heavy atom. The maximum atomic E-state index is 10.1. The van der Waals surface area contributed by atoms with Crippen molar-refractivity contribution in [1.82, 2.24) is 14.6 Å². The zero-order chi connectivity index (χ0) is 14.3. The molecule has 1 aliphatic rings. The number of fused-ring (bicyclic) bond motifs is 1. The van der Waals surface area contributed by atoms with Gasteiger partial charge in [0.25, 0.3) is 0 Å². The van der Waals surface area contributed by atoms with Crippen molar-refractivity contribution in [3.63, 3.8) is 0 Å². The van der Waals surface area contributed by atoms with E-state index in [2.05, 4.69) is 10.1 Å². The van der Waals surface area contributed by atoms with Crippen LogP contribution in [-0.4, -0.2) is 61.1 Å². The van der Waals surface area contributed by atoms with E-state index in [1.165, 1.54) is 18.1 Å². The van der Waals surface area contributed by atoms with Crippen molar-refractivity contribution < 1.29 is 20.1 Å². The molecular weight excluding hydrogens is 282 g/mol. The molecule has 2 aromatic rings. The van der Waals surface area contributed by atoms with Gasteiger partial charge < -0.3 is 20.1 Å². The minimum absolute atomic E-state index is 0.344. The van der Waals surface area contributed by atoms with Gasteiger partial charge in [0, 0.05) is 0 Å². The molecule has 7 nitrogen and oxygen atoms in total. The van der Waals surface area contributed by atoms with Gasteiger partial charge in [0.05, 0.1) is 17.8 Å². The van der Waals surface area contributed by atoms with Crippen molar-refractivity contribution in [2.24, 2.45) is 0 Å². The normalized spacial score (nSPS) is 30.2. The lowest BCUT2D eigenvalue weighted by molar-refractivity contribution is -0.0244. The first-order valence-corrected chi connectivity index (χ1v) is 7.39. The Balaban J connectivity index is 2.03. The molecular formula is C12H15N3O4S. The molecule has 0 spiro atoms.